The molecule has 4 heterocycles. The van der Waals surface area contributed by atoms with Gasteiger partial charge in [-0.15, -0.1) is 0 Å². The molecular formula is C54H100N14O4. The summed E-state index contributed by atoms with van der Waals surface area (Å²) in [6.45, 7) is 25.3. The number of nitrogens with one attached hydrogen (secondary N) is 6. The van der Waals surface area contributed by atoms with Crippen molar-refractivity contribution in [3.05, 3.63) is 0 Å². The molecule has 2 saturated carbocycles. The first-order chi connectivity index (χ1) is 34.4. The van der Waals surface area contributed by atoms with Crippen LogP contribution in [-0.4, -0.2) is 136 Å². The summed E-state index contributed by atoms with van der Waals surface area (Å²) < 4.78 is 0. The fraction of sp³-hybridized carbons (Fsp3) is 0.889. The normalized spacial score (nSPS) is 22.0. The first-order valence-corrected chi connectivity index (χ1v) is 28.6. The molecule has 0 spiro atoms. The van der Waals surface area contributed by atoms with E-state index in [4.69, 9.17) is 29.6 Å². The summed E-state index contributed by atoms with van der Waals surface area (Å²) in [6, 6.07) is 0.364. The molecule has 2 atom stereocenters. The van der Waals surface area contributed by atoms with Crippen LogP contribution in [0.25, 0.3) is 0 Å². The quantitative estimate of drug-likeness (QED) is 0.0356. The van der Waals surface area contributed by atoms with Gasteiger partial charge in [-0.05, 0) is 144 Å². The molecule has 0 radical (unpaired) electrons. The standard InChI is InChI=1S/C54H100N14O4/c1-11-23-43(39-35-51(3,4)67(52(5,6)36-39)71-41-25-17-15-18-26-41)59-49-63-45(61-47(65-49)57-31-33-69)55-29-21-13-14-22-30-56-46-62-48(58-32-34-70)66-50(64-46)60-44(24-12-2)40-37-53(7,8)68(54(9,10)38-40)72-42-27-19-16-20-28-42/h39-44,69-70H,11-38H2,1-10H3,(H3,55,57,59,61,63,65)(H3,56,58,60,62,64,66). The highest BCUT2D eigenvalue weighted by molar-refractivity contribution is 5.44. The van der Waals surface area contributed by atoms with E-state index >= 15 is 0 Å². The zero-order valence-corrected chi connectivity index (χ0v) is 46.6. The highest BCUT2D eigenvalue weighted by Crippen LogP contribution is 2.47. The van der Waals surface area contributed by atoms with Crippen LogP contribution >= 0.6 is 0 Å². The summed E-state index contributed by atoms with van der Waals surface area (Å²) in [4.78, 5) is 42.3. The van der Waals surface area contributed by atoms with E-state index in [1.165, 1.54) is 38.5 Å². The molecule has 0 amide bonds. The van der Waals surface area contributed by atoms with Gasteiger partial charge in [0.05, 0.1) is 25.4 Å². The van der Waals surface area contributed by atoms with Gasteiger partial charge in [-0.2, -0.15) is 40.0 Å². The monoisotopic (exact) mass is 1010 g/mol. The molecule has 0 aromatic carbocycles. The van der Waals surface area contributed by atoms with Gasteiger partial charge in [0.25, 0.3) is 0 Å². The van der Waals surface area contributed by atoms with Crippen molar-refractivity contribution in [3.8, 4) is 0 Å². The average Bonchev–Trinajstić information content (AvgIpc) is 3.33. The van der Waals surface area contributed by atoms with Crippen molar-refractivity contribution in [1.29, 1.82) is 0 Å². The lowest BCUT2D eigenvalue weighted by Crippen LogP contribution is -2.63. The predicted octanol–water partition coefficient (Wildman–Crippen LogP) is 10.2. The third kappa shape index (κ3) is 17.1. The van der Waals surface area contributed by atoms with Crippen molar-refractivity contribution >= 4 is 35.7 Å². The van der Waals surface area contributed by atoms with Crippen LogP contribution < -0.4 is 31.9 Å². The Morgan fingerprint density at radius 2 is 0.764 bits per heavy atom. The molecule has 2 aromatic rings. The number of hydroxylamine groups is 4. The smallest absolute Gasteiger partial charge is 0.229 e. The number of rotatable bonds is 29. The van der Waals surface area contributed by atoms with E-state index in [2.05, 4.69) is 121 Å². The highest BCUT2D eigenvalue weighted by atomic mass is 16.7. The van der Waals surface area contributed by atoms with Gasteiger partial charge in [0, 0.05) is 60.4 Å². The van der Waals surface area contributed by atoms with Crippen molar-refractivity contribution in [2.45, 2.75) is 257 Å². The van der Waals surface area contributed by atoms with Gasteiger partial charge in [0.2, 0.25) is 35.7 Å². The van der Waals surface area contributed by atoms with Crippen LogP contribution in [0.2, 0.25) is 0 Å². The minimum absolute atomic E-state index is 0.0177. The Bertz CT molecular complexity index is 1720. The Kier molecular flexibility index (Phi) is 22.0. The third-order valence-corrected chi connectivity index (χ3v) is 15.6. The zero-order chi connectivity index (χ0) is 51.8. The van der Waals surface area contributed by atoms with Gasteiger partial charge in [-0.25, -0.2) is 0 Å². The molecule has 4 fully saturated rings. The predicted molar refractivity (Wildman–Crippen MR) is 292 cm³/mol. The minimum Gasteiger partial charge on any atom is -0.395 e. The van der Waals surface area contributed by atoms with Crippen LogP contribution in [0, 0.1) is 11.8 Å². The molecule has 2 aromatic heterocycles. The summed E-state index contributed by atoms with van der Waals surface area (Å²) in [5, 5.41) is 44.7. The largest absolute Gasteiger partial charge is 0.395 e. The van der Waals surface area contributed by atoms with Gasteiger partial charge in [0.15, 0.2) is 0 Å². The van der Waals surface area contributed by atoms with Gasteiger partial charge in [-0.3, -0.25) is 9.68 Å². The maximum Gasteiger partial charge on any atom is 0.229 e. The van der Waals surface area contributed by atoms with Crippen molar-refractivity contribution in [3.63, 3.8) is 0 Å². The Morgan fingerprint density at radius 3 is 1.07 bits per heavy atom. The molecule has 72 heavy (non-hydrogen) atoms. The van der Waals surface area contributed by atoms with E-state index in [1.807, 2.05) is 0 Å². The van der Waals surface area contributed by atoms with E-state index in [0.29, 0.717) is 72.8 Å². The molecule has 2 aliphatic heterocycles. The topological polar surface area (TPSA) is 215 Å². The number of hydrogen-bond donors (Lipinski definition) is 8. The zero-order valence-electron chi connectivity index (χ0n) is 46.6. The lowest BCUT2D eigenvalue weighted by Gasteiger charge is -2.56. The van der Waals surface area contributed by atoms with Crippen molar-refractivity contribution in [1.82, 2.24) is 40.0 Å². The number of anilines is 6. The van der Waals surface area contributed by atoms with Crippen LogP contribution in [0.15, 0.2) is 0 Å². The first kappa shape index (κ1) is 57.9. The Labute approximate surface area is 434 Å². The molecule has 2 saturated heterocycles. The lowest BCUT2D eigenvalue weighted by molar-refractivity contribution is -0.314. The van der Waals surface area contributed by atoms with Crippen molar-refractivity contribution in [2.75, 3.05) is 71.3 Å². The third-order valence-electron chi connectivity index (χ3n) is 15.6. The second-order valence-corrected chi connectivity index (χ2v) is 24.2. The SMILES string of the molecule is CCCC(Nc1nc(NCCO)nc(NCCCCCCNc2nc(NCCO)nc(NC(CCC)C3CC(C)(C)N(OC4CCCCC4)C(C)(C)C3)n2)n1)C1CC(C)(C)N(OC2CCCCC2)C(C)(C)C1. The van der Waals surface area contributed by atoms with Crippen LogP contribution in [0.5, 0.6) is 0 Å². The van der Waals surface area contributed by atoms with Gasteiger partial charge >= 0.3 is 0 Å². The van der Waals surface area contributed by atoms with Gasteiger partial charge in [-0.1, -0.05) is 78.1 Å². The minimum atomic E-state index is -0.126. The molecule has 4 aliphatic rings. The van der Waals surface area contributed by atoms with E-state index in [9.17, 15) is 10.2 Å². The Morgan fingerprint density at radius 1 is 0.458 bits per heavy atom. The molecule has 6 rings (SSSR count). The lowest BCUT2D eigenvalue weighted by atomic mass is 9.71. The van der Waals surface area contributed by atoms with E-state index in [1.54, 1.807) is 0 Å². The number of hydrogen-bond acceptors (Lipinski definition) is 18. The highest BCUT2D eigenvalue weighted by Gasteiger charge is 2.50. The molecule has 18 heteroatoms. The van der Waals surface area contributed by atoms with Gasteiger partial charge in [0.1, 0.15) is 0 Å². The average molecular weight is 1010 g/mol. The molecule has 410 valence electrons. The summed E-state index contributed by atoms with van der Waals surface area (Å²) in [5.74, 6) is 3.84. The Balaban J connectivity index is 1.00. The number of nitrogens with zero attached hydrogens (tertiary/aromatic N) is 8. The Hall–Kier alpha value is -3.42. The number of aliphatic hydroxyl groups excluding tert-OH is 2. The van der Waals surface area contributed by atoms with Crippen molar-refractivity contribution < 1.29 is 19.9 Å². The second-order valence-electron chi connectivity index (χ2n) is 24.2. The first-order valence-electron chi connectivity index (χ1n) is 28.6. The molecule has 2 aliphatic carbocycles. The van der Waals surface area contributed by atoms with E-state index in [0.717, 1.165) is 116 Å². The maximum atomic E-state index is 9.61. The molecule has 0 bridgehead atoms. The van der Waals surface area contributed by atoms with Crippen LogP contribution in [0.3, 0.4) is 0 Å². The summed E-state index contributed by atoms with van der Waals surface area (Å²) in [6.07, 6.45) is 24.9. The number of piperidine rings is 2. The van der Waals surface area contributed by atoms with E-state index in [-0.39, 0.29) is 47.5 Å². The van der Waals surface area contributed by atoms with Crippen LogP contribution in [0.1, 0.15) is 210 Å². The van der Waals surface area contributed by atoms with Gasteiger partial charge < -0.3 is 42.1 Å². The second kappa shape index (κ2) is 27.4. The van der Waals surface area contributed by atoms with Crippen molar-refractivity contribution in [2.24, 2.45) is 11.8 Å². The van der Waals surface area contributed by atoms with E-state index < -0.39 is 0 Å². The molecule has 18 nitrogen and oxygen atoms in total. The molecule has 8 N–H and O–H groups in total. The van der Waals surface area contributed by atoms with Crippen LogP contribution in [0.4, 0.5) is 35.7 Å². The molecule has 2 unspecified atom stereocenters. The number of aromatic nitrogens is 6. The fourth-order valence-corrected chi connectivity index (χ4v) is 12.8. The number of aliphatic hydroxyl groups is 2. The molecular weight excluding hydrogens is 909 g/mol. The summed E-state index contributed by atoms with van der Waals surface area (Å²) in [5.41, 5.74) is -0.505. The number of unbranched alkanes of at least 4 members (excludes halogenated alkanes) is 3. The summed E-state index contributed by atoms with van der Waals surface area (Å²) in [7, 11) is 0. The fourth-order valence-electron chi connectivity index (χ4n) is 12.8. The summed E-state index contributed by atoms with van der Waals surface area (Å²) >= 11 is 0. The van der Waals surface area contributed by atoms with Crippen LogP contribution in [-0.2, 0) is 9.68 Å². The maximum absolute atomic E-state index is 9.61.